The third-order valence-corrected chi connectivity index (χ3v) is 3.53. The molecule has 0 saturated carbocycles. The van der Waals surface area contributed by atoms with Gasteiger partial charge in [-0.15, -0.1) is 0 Å². The molecule has 1 saturated heterocycles. The SMILES string of the molecule is CCC(=O)Nc1ccc2c(N3CCOCC3)ncnc2c1. The number of carbonyl (C=O) groups is 1. The van der Waals surface area contributed by atoms with Gasteiger partial charge < -0.3 is 15.0 Å². The number of benzene rings is 1. The minimum atomic E-state index is -0.00295. The Kier molecular flexibility index (Phi) is 3.96. The number of fused-ring (bicyclic) bond motifs is 1. The summed E-state index contributed by atoms with van der Waals surface area (Å²) < 4.78 is 5.38. The van der Waals surface area contributed by atoms with Gasteiger partial charge in [0.05, 0.1) is 18.7 Å². The Morgan fingerprint density at radius 2 is 2.14 bits per heavy atom. The first-order chi connectivity index (χ1) is 10.3. The van der Waals surface area contributed by atoms with Crippen LogP contribution in [0.1, 0.15) is 13.3 Å². The normalized spacial score (nSPS) is 15.2. The summed E-state index contributed by atoms with van der Waals surface area (Å²) in [5, 5.41) is 3.84. The van der Waals surface area contributed by atoms with Crippen LogP contribution in [0.4, 0.5) is 11.5 Å². The van der Waals surface area contributed by atoms with Gasteiger partial charge in [0, 0.05) is 30.6 Å². The van der Waals surface area contributed by atoms with Crippen LogP contribution in [0.15, 0.2) is 24.5 Å². The van der Waals surface area contributed by atoms with E-state index in [-0.39, 0.29) is 5.91 Å². The van der Waals surface area contributed by atoms with Gasteiger partial charge in [-0.1, -0.05) is 6.92 Å². The highest BCUT2D eigenvalue weighted by Crippen LogP contribution is 2.26. The Balaban J connectivity index is 1.94. The van der Waals surface area contributed by atoms with E-state index >= 15 is 0 Å². The quantitative estimate of drug-likeness (QED) is 0.932. The minimum absolute atomic E-state index is 0.00295. The lowest BCUT2D eigenvalue weighted by Crippen LogP contribution is -2.36. The lowest BCUT2D eigenvalue weighted by Gasteiger charge is -2.28. The van der Waals surface area contributed by atoms with Crippen molar-refractivity contribution in [3.63, 3.8) is 0 Å². The number of carbonyl (C=O) groups excluding carboxylic acids is 1. The van der Waals surface area contributed by atoms with Crippen LogP contribution >= 0.6 is 0 Å². The molecule has 0 unspecified atom stereocenters. The molecular formula is C15H18N4O2. The van der Waals surface area contributed by atoms with Gasteiger partial charge >= 0.3 is 0 Å². The molecule has 21 heavy (non-hydrogen) atoms. The molecule has 2 aromatic rings. The maximum Gasteiger partial charge on any atom is 0.224 e. The van der Waals surface area contributed by atoms with Gasteiger partial charge in [-0.25, -0.2) is 9.97 Å². The molecule has 6 heteroatoms. The van der Waals surface area contributed by atoms with Crippen molar-refractivity contribution in [1.82, 2.24) is 9.97 Å². The van der Waals surface area contributed by atoms with Crippen LogP contribution in [-0.4, -0.2) is 42.2 Å². The van der Waals surface area contributed by atoms with Crippen molar-refractivity contribution < 1.29 is 9.53 Å². The van der Waals surface area contributed by atoms with E-state index in [2.05, 4.69) is 20.2 Å². The van der Waals surface area contributed by atoms with E-state index in [9.17, 15) is 4.79 Å². The number of rotatable bonds is 3. The van der Waals surface area contributed by atoms with Crippen molar-refractivity contribution >= 4 is 28.3 Å². The van der Waals surface area contributed by atoms with Crippen LogP contribution in [0.5, 0.6) is 0 Å². The van der Waals surface area contributed by atoms with Crippen LogP contribution in [0, 0.1) is 0 Å². The molecule has 1 aliphatic rings. The molecule has 0 radical (unpaired) electrons. The van der Waals surface area contributed by atoms with Gasteiger partial charge in [0.2, 0.25) is 5.91 Å². The van der Waals surface area contributed by atoms with Gasteiger partial charge in [-0.2, -0.15) is 0 Å². The standard InChI is InChI=1S/C15H18N4O2/c1-2-14(20)18-11-3-4-12-13(9-11)16-10-17-15(12)19-5-7-21-8-6-19/h3-4,9-10H,2,5-8H2,1H3,(H,18,20). The highest BCUT2D eigenvalue weighted by atomic mass is 16.5. The number of morpholine rings is 1. The number of aromatic nitrogens is 2. The fraction of sp³-hybridized carbons (Fsp3) is 0.400. The maximum absolute atomic E-state index is 11.5. The molecule has 3 rings (SSSR count). The number of anilines is 2. The second kappa shape index (κ2) is 6.05. The van der Waals surface area contributed by atoms with Crippen LogP contribution in [-0.2, 0) is 9.53 Å². The topological polar surface area (TPSA) is 67.4 Å². The number of ether oxygens (including phenoxy) is 1. The summed E-state index contributed by atoms with van der Waals surface area (Å²) in [5.41, 5.74) is 1.60. The fourth-order valence-corrected chi connectivity index (χ4v) is 2.40. The van der Waals surface area contributed by atoms with Gasteiger partial charge in [0.15, 0.2) is 0 Å². The largest absolute Gasteiger partial charge is 0.378 e. The number of amides is 1. The summed E-state index contributed by atoms with van der Waals surface area (Å²) in [5.74, 6) is 0.925. The average molecular weight is 286 g/mol. The number of nitrogens with one attached hydrogen (secondary N) is 1. The molecule has 1 aromatic heterocycles. The summed E-state index contributed by atoms with van der Waals surface area (Å²) in [6.45, 7) is 4.93. The predicted molar refractivity (Wildman–Crippen MR) is 81.5 cm³/mol. The van der Waals surface area contributed by atoms with Gasteiger partial charge in [-0.3, -0.25) is 4.79 Å². The van der Waals surface area contributed by atoms with E-state index in [1.54, 1.807) is 6.33 Å². The summed E-state index contributed by atoms with van der Waals surface area (Å²) >= 11 is 0. The van der Waals surface area contributed by atoms with Crippen LogP contribution < -0.4 is 10.2 Å². The van der Waals surface area contributed by atoms with E-state index in [1.807, 2.05) is 25.1 Å². The second-order valence-electron chi connectivity index (χ2n) is 4.93. The van der Waals surface area contributed by atoms with E-state index in [4.69, 9.17) is 4.74 Å². The van der Waals surface area contributed by atoms with Crippen LogP contribution in [0.2, 0.25) is 0 Å². The molecule has 0 bridgehead atoms. The third-order valence-electron chi connectivity index (χ3n) is 3.53. The van der Waals surface area contributed by atoms with Crippen molar-refractivity contribution in [3.8, 4) is 0 Å². The fourth-order valence-electron chi connectivity index (χ4n) is 2.40. The number of hydrogen-bond acceptors (Lipinski definition) is 5. The third kappa shape index (κ3) is 2.95. The highest BCUT2D eigenvalue weighted by Gasteiger charge is 2.15. The Labute approximate surface area is 123 Å². The first-order valence-electron chi connectivity index (χ1n) is 7.15. The molecule has 0 atom stereocenters. The Morgan fingerprint density at radius 1 is 1.33 bits per heavy atom. The van der Waals surface area contributed by atoms with E-state index < -0.39 is 0 Å². The predicted octanol–water partition coefficient (Wildman–Crippen LogP) is 1.81. The highest BCUT2D eigenvalue weighted by molar-refractivity contribution is 5.96. The zero-order valence-corrected chi connectivity index (χ0v) is 12.0. The molecular weight excluding hydrogens is 268 g/mol. The van der Waals surface area contributed by atoms with E-state index in [0.717, 1.165) is 48.7 Å². The number of nitrogens with zero attached hydrogens (tertiary/aromatic N) is 3. The van der Waals surface area contributed by atoms with Crippen LogP contribution in [0.25, 0.3) is 10.9 Å². The number of hydrogen-bond donors (Lipinski definition) is 1. The van der Waals surface area contributed by atoms with Gasteiger partial charge in [0.25, 0.3) is 0 Å². The van der Waals surface area contributed by atoms with Crippen molar-refractivity contribution in [1.29, 1.82) is 0 Å². The Morgan fingerprint density at radius 3 is 2.90 bits per heavy atom. The maximum atomic E-state index is 11.5. The van der Waals surface area contributed by atoms with Gasteiger partial charge in [-0.05, 0) is 18.2 Å². The van der Waals surface area contributed by atoms with Gasteiger partial charge in [0.1, 0.15) is 12.1 Å². The average Bonchev–Trinajstić information content (AvgIpc) is 2.54. The zero-order valence-electron chi connectivity index (χ0n) is 12.0. The minimum Gasteiger partial charge on any atom is -0.378 e. The van der Waals surface area contributed by atoms with Crippen LogP contribution in [0.3, 0.4) is 0 Å². The Bertz CT molecular complexity index is 653. The van der Waals surface area contributed by atoms with Crippen molar-refractivity contribution in [2.24, 2.45) is 0 Å². The summed E-state index contributed by atoms with van der Waals surface area (Å²) in [6, 6.07) is 5.74. The molecule has 110 valence electrons. The Hall–Kier alpha value is -2.21. The molecule has 2 heterocycles. The monoisotopic (exact) mass is 286 g/mol. The molecule has 1 fully saturated rings. The molecule has 1 aromatic carbocycles. The lowest BCUT2D eigenvalue weighted by molar-refractivity contribution is -0.115. The van der Waals surface area contributed by atoms with Crippen molar-refractivity contribution in [2.45, 2.75) is 13.3 Å². The summed E-state index contributed by atoms with van der Waals surface area (Å²) in [4.78, 5) is 22.4. The molecule has 0 spiro atoms. The molecule has 1 N–H and O–H groups in total. The molecule has 0 aliphatic carbocycles. The zero-order chi connectivity index (χ0) is 14.7. The molecule has 1 amide bonds. The van der Waals surface area contributed by atoms with E-state index in [0.29, 0.717) is 6.42 Å². The summed E-state index contributed by atoms with van der Waals surface area (Å²) in [7, 11) is 0. The summed E-state index contributed by atoms with van der Waals surface area (Å²) in [6.07, 6.45) is 2.03. The van der Waals surface area contributed by atoms with Crippen molar-refractivity contribution in [3.05, 3.63) is 24.5 Å². The van der Waals surface area contributed by atoms with E-state index in [1.165, 1.54) is 0 Å². The first kappa shape index (κ1) is 13.8. The second-order valence-corrected chi connectivity index (χ2v) is 4.93. The van der Waals surface area contributed by atoms with Crippen molar-refractivity contribution in [2.75, 3.05) is 36.5 Å². The lowest BCUT2D eigenvalue weighted by atomic mass is 10.2. The molecule has 6 nitrogen and oxygen atoms in total. The smallest absolute Gasteiger partial charge is 0.224 e. The first-order valence-corrected chi connectivity index (χ1v) is 7.15. The molecule has 1 aliphatic heterocycles.